The lowest BCUT2D eigenvalue weighted by Gasteiger charge is -2.12. The second kappa shape index (κ2) is 10.0. The van der Waals surface area contributed by atoms with Crippen LogP contribution < -0.4 is 0 Å². The van der Waals surface area contributed by atoms with Gasteiger partial charge >= 0.3 is 0 Å². The van der Waals surface area contributed by atoms with Crippen LogP contribution in [0.15, 0.2) is 12.1 Å². The maximum atomic E-state index is 14.6. The number of benzene rings is 1. The number of halogens is 1. The van der Waals surface area contributed by atoms with Crippen molar-refractivity contribution in [3.05, 3.63) is 34.6 Å². The fourth-order valence-electron chi connectivity index (χ4n) is 2.57. The predicted molar refractivity (Wildman–Crippen MR) is 92.5 cm³/mol. The van der Waals surface area contributed by atoms with Gasteiger partial charge in [-0.25, -0.2) is 4.39 Å². The van der Waals surface area contributed by atoms with E-state index in [9.17, 15) is 12.8 Å². The van der Waals surface area contributed by atoms with Crippen LogP contribution in [-0.2, 0) is 33.7 Å². The molecule has 0 bridgehead atoms. The van der Waals surface area contributed by atoms with Gasteiger partial charge < -0.3 is 0 Å². The first kappa shape index (κ1) is 20.1. The van der Waals surface area contributed by atoms with E-state index in [1.807, 2.05) is 6.07 Å². The van der Waals surface area contributed by atoms with Crippen LogP contribution in [0.1, 0.15) is 69.1 Å². The Labute approximate surface area is 140 Å². The normalized spacial score (nSPS) is 11.8. The Balaban J connectivity index is 2.94. The zero-order valence-corrected chi connectivity index (χ0v) is 15.3. The molecule has 3 nitrogen and oxygen atoms in total. The van der Waals surface area contributed by atoms with E-state index < -0.39 is 10.1 Å². The molecular weight excluding hydrogens is 315 g/mol. The van der Waals surface area contributed by atoms with Crippen molar-refractivity contribution >= 4 is 10.1 Å². The average molecular weight is 344 g/mol. The van der Waals surface area contributed by atoms with Gasteiger partial charge in [0.2, 0.25) is 0 Å². The highest BCUT2D eigenvalue weighted by Crippen LogP contribution is 2.21. The SMILES string of the molecule is CCCCCc1cc(CCCCC)c(F)c(COS(C)(=O)=O)c1. The van der Waals surface area contributed by atoms with Crippen molar-refractivity contribution in [2.24, 2.45) is 0 Å². The smallest absolute Gasteiger partial charge is 0.264 e. The van der Waals surface area contributed by atoms with Crippen LogP contribution in [0, 0.1) is 5.82 Å². The minimum atomic E-state index is -3.57. The molecule has 0 aliphatic heterocycles. The summed E-state index contributed by atoms with van der Waals surface area (Å²) in [7, 11) is -3.57. The van der Waals surface area contributed by atoms with E-state index in [-0.39, 0.29) is 12.4 Å². The van der Waals surface area contributed by atoms with Crippen LogP contribution >= 0.6 is 0 Å². The minimum Gasteiger partial charge on any atom is -0.265 e. The molecule has 0 radical (unpaired) electrons. The summed E-state index contributed by atoms with van der Waals surface area (Å²) in [6.45, 7) is 4.03. The molecule has 23 heavy (non-hydrogen) atoms. The summed E-state index contributed by atoms with van der Waals surface area (Å²) < 4.78 is 41.7. The molecule has 0 fully saturated rings. The quantitative estimate of drug-likeness (QED) is 0.429. The molecule has 0 spiro atoms. The molecule has 0 aromatic heterocycles. The summed E-state index contributed by atoms with van der Waals surface area (Å²) in [6.07, 6.45) is 8.98. The first-order chi connectivity index (χ1) is 10.9. The number of rotatable bonds is 11. The third-order valence-electron chi connectivity index (χ3n) is 3.83. The summed E-state index contributed by atoms with van der Waals surface area (Å²) in [5.41, 5.74) is 2.09. The van der Waals surface area contributed by atoms with Crippen LogP contribution in [0.4, 0.5) is 4.39 Å². The molecule has 1 aromatic rings. The van der Waals surface area contributed by atoms with Crippen LogP contribution in [0.2, 0.25) is 0 Å². The largest absolute Gasteiger partial charge is 0.265 e. The maximum absolute atomic E-state index is 14.6. The highest BCUT2D eigenvalue weighted by atomic mass is 32.2. The van der Waals surface area contributed by atoms with Crippen LogP contribution in [0.3, 0.4) is 0 Å². The number of hydrogen-bond donors (Lipinski definition) is 0. The summed E-state index contributed by atoms with van der Waals surface area (Å²) in [4.78, 5) is 0. The van der Waals surface area contributed by atoms with E-state index in [4.69, 9.17) is 4.18 Å². The average Bonchev–Trinajstić information content (AvgIpc) is 2.48. The third kappa shape index (κ3) is 7.93. The predicted octanol–water partition coefficient (Wildman–Crippen LogP) is 4.77. The lowest BCUT2D eigenvalue weighted by atomic mass is 9.97. The van der Waals surface area contributed by atoms with E-state index in [1.54, 1.807) is 6.07 Å². The van der Waals surface area contributed by atoms with Crippen molar-refractivity contribution in [1.82, 2.24) is 0 Å². The molecule has 0 N–H and O–H groups in total. The van der Waals surface area contributed by atoms with Crippen molar-refractivity contribution in [3.8, 4) is 0 Å². The Morgan fingerprint density at radius 3 is 2.09 bits per heavy atom. The minimum absolute atomic E-state index is 0.229. The van der Waals surface area contributed by atoms with E-state index >= 15 is 0 Å². The van der Waals surface area contributed by atoms with E-state index in [0.29, 0.717) is 17.5 Å². The topological polar surface area (TPSA) is 43.4 Å². The number of hydrogen-bond acceptors (Lipinski definition) is 3. The van der Waals surface area contributed by atoms with Gasteiger partial charge in [-0.3, -0.25) is 4.18 Å². The van der Waals surface area contributed by atoms with Gasteiger partial charge in [-0.15, -0.1) is 0 Å². The molecule has 5 heteroatoms. The van der Waals surface area contributed by atoms with Gasteiger partial charge in [-0.05, 0) is 36.8 Å². The molecule has 0 unspecified atom stereocenters. The summed E-state index contributed by atoms with van der Waals surface area (Å²) >= 11 is 0. The van der Waals surface area contributed by atoms with Gasteiger partial charge in [0.15, 0.2) is 0 Å². The van der Waals surface area contributed by atoms with Gasteiger partial charge in [-0.2, -0.15) is 8.42 Å². The monoisotopic (exact) mass is 344 g/mol. The molecule has 0 aliphatic rings. The lowest BCUT2D eigenvalue weighted by molar-refractivity contribution is 0.305. The van der Waals surface area contributed by atoms with Gasteiger partial charge in [0.1, 0.15) is 5.82 Å². The summed E-state index contributed by atoms with van der Waals surface area (Å²) in [5.74, 6) is -0.316. The van der Waals surface area contributed by atoms with Gasteiger partial charge in [0.25, 0.3) is 10.1 Å². The first-order valence-electron chi connectivity index (χ1n) is 8.52. The molecule has 0 aliphatic carbocycles. The Morgan fingerprint density at radius 1 is 0.957 bits per heavy atom. The molecule has 132 valence electrons. The molecule has 0 atom stereocenters. The van der Waals surface area contributed by atoms with Crippen LogP contribution in [-0.4, -0.2) is 14.7 Å². The lowest BCUT2D eigenvalue weighted by Crippen LogP contribution is -2.07. The second-order valence-corrected chi connectivity index (χ2v) is 7.75. The zero-order chi connectivity index (χ0) is 17.3. The Kier molecular flexibility index (Phi) is 8.77. The van der Waals surface area contributed by atoms with E-state index in [1.165, 1.54) is 0 Å². The second-order valence-electron chi connectivity index (χ2n) is 6.11. The number of aryl methyl sites for hydroxylation is 2. The van der Waals surface area contributed by atoms with Crippen molar-refractivity contribution in [1.29, 1.82) is 0 Å². The van der Waals surface area contributed by atoms with E-state index in [0.717, 1.165) is 56.8 Å². The molecule has 0 amide bonds. The van der Waals surface area contributed by atoms with Crippen molar-refractivity contribution in [2.75, 3.05) is 6.26 Å². The standard InChI is InChI=1S/C18H29FO3S/c1-4-6-8-10-15-12-16(11-9-7-5-2)18(19)17(13-15)14-22-23(3,20)21/h12-13H,4-11,14H2,1-3H3. The highest BCUT2D eigenvalue weighted by Gasteiger charge is 2.13. The van der Waals surface area contributed by atoms with Crippen molar-refractivity contribution < 1.29 is 17.0 Å². The fraction of sp³-hybridized carbons (Fsp3) is 0.667. The Bertz CT molecular complexity index is 582. The summed E-state index contributed by atoms with van der Waals surface area (Å²) in [6, 6.07) is 3.68. The van der Waals surface area contributed by atoms with E-state index in [2.05, 4.69) is 13.8 Å². The molecule has 1 rings (SSSR count). The van der Waals surface area contributed by atoms with Gasteiger partial charge in [-0.1, -0.05) is 51.7 Å². The Hall–Kier alpha value is -0.940. The molecule has 0 saturated heterocycles. The van der Waals surface area contributed by atoms with Gasteiger partial charge in [0.05, 0.1) is 12.9 Å². The van der Waals surface area contributed by atoms with Gasteiger partial charge in [0, 0.05) is 5.56 Å². The van der Waals surface area contributed by atoms with Crippen LogP contribution in [0.5, 0.6) is 0 Å². The maximum Gasteiger partial charge on any atom is 0.264 e. The molecule has 0 saturated carbocycles. The molecular formula is C18H29FO3S. The molecule has 0 heterocycles. The molecule has 1 aromatic carbocycles. The fourth-order valence-corrected chi connectivity index (χ4v) is 2.91. The third-order valence-corrected chi connectivity index (χ3v) is 4.38. The Morgan fingerprint density at radius 2 is 1.52 bits per heavy atom. The highest BCUT2D eigenvalue weighted by molar-refractivity contribution is 7.85. The van der Waals surface area contributed by atoms with Crippen molar-refractivity contribution in [3.63, 3.8) is 0 Å². The first-order valence-corrected chi connectivity index (χ1v) is 10.3. The summed E-state index contributed by atoms with van der Waals surface area (Å²) in [5, 5.41) is 0. The zero-order valence-electron chi connectivity index (χ0n) is 14.5. The number of unbranched alkanes of at least 4 members (excludes halogenated alkanes) is 4. The van der Waals surface area contributed by atoms with Crippen LogP contribution in [0.25, 0.3) is 0 Å². The van der Waals surface area contributed by atoms with Crippen molar-refractivity contribution in [2.45, 2.75) is 71.8 Å².